The van der Waals surface area contributed by atoms with Crippen LogP contribution in [0.1, 0.15) is 52.9 Å². The van der Waals surface area contributed by atoms with E-state index in [-0.39, 0.29) is 18.0 Å². The van der Waals surface area contributed by atoms with Crippen LogP contribution in [0.3, 0.4) is 0 Å². The molecule has 4 nitrogen and oxygen atoms in total. The molecule has 0 heterocycles. The summed E-state index contributed by atoms with van der Waals surface area (Å²) < 4.78 is 9.96. The third kappa shape index (κ3) is 8.26. The van der Waals surface area contributed by atoms with Crippen molar-refractivity contribution in [3.8, 4) is 0 Å². The van der Waals surface area contributed by atoms with Gasteiger partial charge in [0, 0.05) is 13.3 Å². The molecule has 0 rings (SSSR count). The number of rotatable bonds is 8. The minimum absolute atomic E-state index is 0.151. The zero-order valence-electron chi connectivity index (χ0n) is 10.5. The van der Waals surface area contributed by atoms with Crippen molar-refractivity contribution in [2.24, 2.45) is 0 Å². The van der Waals surface area contributed by atoms with Crippen LogP contribution in [0, 0.1) is 0 Å². The standard InChI is InChI=1S/C12H22O4/c1-4-6-7-11(16-10(3)13)8-9-12(14)15-5-2/h11H,4-9H2,1-3H3. The largest absolute Gasteiger partial charge is 0.466 e. The van der Waals surface area contributed by atoms with Gasteiger partial charge in [0.15, 0.2) is 0 Å². The third-order valence-corrected chi connectivity index (χ3v) is 2.19. The molecule has 94 valence electrons. The highest BCUT2D eigenvalue weighted by Crippen LogP contribution is 2.12. The monoisotopic (exact) mass is 230 g/mol. The van der Waals surface area contributed by atoms with Crippen molar-refractivity contribution >= 4 is 11.9 Å². The molecule has 0 fully saturated rings. The number of carbonyl (C=O) groups is 2. The lowest BCUT2D eigenvalue weighted by molar-refractivity contribution is -0.150. The Kier molecular flexibility index (Phi) is 8.58. The van der Waals surface area contributed by atoms with Crippen LogP contribution in [0.25, 0.3) is 0 Å². The van der Waals surface area contributed by atoms with E-state index in [1.54, 1.807) is 6.92 Å². The van der Waals surface area contributed by atoms with Crippen LogP contribution < -0.4 is 0 Å². The zero-order valence-corrected chi connectivity index (χ0v) is 10.5. The summed E-state index contributed by atoms with van der Waals surface area (Å²) in [5.41, 5.74) is 0. The molecule has 0 spiro atoms. The number of hydrogen-bond donors (Lipinski definition) is 0. The molecular formula is C12H22O4. The third-order valence-electron chi connectivity index (χ3n) is 2.19. The number of ether oxygens (including phenoxy) is 2. The molecule has 0 N–H and O–H groups in total. The lowest BCUT2D eigenvalue weighted by Gasteiger charge is -2.16. The molecule has 0 aliphatic rings. The second-order valence-electron chi connectivity index (χ2n) is 3.72. The van der Waals surface area contributed by atoms with Gasteiger partial charge in [-0.05, 0) is 19.8 Å². The molecule has 1 unspecified atom stereocenters. The maximum absolute atomic E-state index is 11.1. The molecule has 0 bridgehead atoms. The highest BCUT2D eigenvalue weighted by atomic mass is 16.5. The van der Waals surface area contributed by atoms with Gasteiger partial charge in [-0.3, -0.25) is 9.59 Å². The van der Waals surface area contributed by atoms with Crippen LogP contribution in [-0.4, -0.2) is 24.6 Å². The number of unbranched alkanes of at least 4 members (excludes halogenated alkanes) is 1. The van der Waals surface area contributed by atoms with Gasteiger partial charge >= 0.3 is 11.9 Å². The van der Waals surface area contributed by atoms with E-state index in [1.807, 2.05) is 0 Å². The number of hydrogen-bond acceptors (Lipinski definition) is 4. The average molecular weight is 230 g/mol. The predicted molar refractivity (Wildman–Crippen MR) is 60.9 cm³/mol. The molecule has 0 aliphatic carbocycles. The van der Waals surface area contributed by atoms with Crippen molar-refractivity contribution in [3.63, 3.8) is 0 Å². The second kappa shape index (κ2) is 9.19. The minimum Gasteiger partial charge on any atom is -0.466 e. The zero-order chi connectivity index (χ0) is 12.4. The SMILES string of the molecule is CCCCC(CCC(=O)OCC)OC(C)=O. The van der Waals surface area contributed by atoms with Gasteiger partial charge in [0.1, 0.15) is 6.10 Å². The molecule has 0 aromatic heterocycles. The minimum atomic E-state index is -0.287. The topological polar surface area (TPSA) is 52.6 Å². The van der Waals surface area contributed by atoms with Crippen LogP contribution in [0.5, 0.6) is 0 Å². The highest BCUT2D eigenvalue weighted by Gasteiger charge is 2.14. The molecule has 0 aromatic rings. The second-order valence-corrected chi connectivity index (χ2v) is 3.72. The first kappa shape index (κ1) is 14.9. The molecule has 4 heteroatoms. The fraction of sp³-hybridized carbons (Fsp3) is 0.833. The Hall–Kier alpha value is -1.06. The highest BCUT2D eigenvalue weighted by molar-refractivity contribution is 5.69. The van der Waals surface area contributed by atoms with Crippen molar-refractivity contribution in [2.45, 2.75) is 59.0 Å². The van der Waals surface area contributed by atoms with E-state index in [0.29, 0.717) is 19.4 Å². The summed E-state index contributed by atoms with van der Waals surface area (Å²) in [6, 6.07) is 0. The Labute approximate surface area is 97.3 Å². The predicted octanol–water partition coefficient (Wildman–Crippen LogP) is 2.45. The fourth-order valence-corrected chi connectivity index (χ4v) is 1.44. The summed E-state index contributed by atoms with van der Waals surface area (Å²) in [5, 5.41) is 0. The van der Waals surface area contributed by atoms with Gasteiger partial charge in [0.25, 0.3) is 0 Å². The summed E-state index contributed by atoms with van der Waals surface area (Å²) in [7, 11) is 0. The van der Waals surface area contributed by atoms with Crippen LogP contribution in [0.15, 0.2) is 0 Å². The summed E-state index contributed by atoms with van der Waals surface area (Å²) in [6.07, 6.45) is 3.59. The summed E-state index contributed by atoms with van der Waals surface area (Å²) >= 11 is 0. The van der Waals surface area contributed by atoms with E-state index in [4.69, 9.17) is 9.47 Å². The van der Waals surface area contributed by atoms with Gasteiger partial charge in [-0.25, -0.2) is 0 Å². The summed E-state index contributed by atoms with van der Waals surface area (Å²) in [5.74, 6) is -0.513. The Morgan fingerprint density at radius 3 is 2.38 bits per heavy atom. The van der Waals surface area contributed by atoms with Crippen molar-refractivity contribution in [1.82, 2.24) is 0 Å². The van der Waals surface area contributed by atoms with E-state index >= 15 is 0 Å². The fourth-order valence-electron chi connectivity index (χ4n) is 1.44. The van der Waals surface area contributed by atoms with Gasteiger partial charge < -0.3 is 9.47 Å². The smallest absolute Gasteiger partial charge is 0.305 e. The molecule has 0 saturated carbocycles. The molecule has 0 amide bonds. The lowest BCUT2D eigenvalue weighted by Crippen LogP contribution is -2.18. The van der Waals surface area contributed by atoms with Crippen molar-refractivity contribution in [1.29, 1.82) is 0 Å². The molecule has 16 heavy (non-hydrogen) atoms. The molecule has 0 saturated heterocycles. The Morgan fingerprint density at radius 1 is 1.19 bits per heavy atom. The Bertz CT molecular complexity index is 213. The molecular weight excluding hydrogens is 208 g/mol. The van der Waals surface area contributed by atoms with E-state index in [2.05, 4.69) is 6.92 Å². The maximum atomic E-state index is 11.1. The molecule has 0 aromatic carbocycles. The van der Waals surface area contributed by atoms with Crippen molar-refractivity contribution < 1.29 is 19.1 Å². The van der Waals surface area contributed by atoms with Crippen LogP contribution >= 0.6 is 0 Å². The number of esters is 2. The van der Waals surface area contributed by atoms with Crippen molar-refractivity contribution in [3.05, 3.63) is 0 Å². The number of carbonyl (C=O) groups excluding carboxylic acids is 2. The molecule has 1 atom stereocenters. The van der Waals surface area contributed by atoms with E-state index < -0.39 is 0 Å². The van der Waals surface area contributed by atoms with E-state index in [1.165, 1.54) is 6.92 Å². The first-order chi connectivity index (χ1) is 7.60. The van der Waals surface area contributed by atoms with Gasteiger partial charge in [-0.1, -0.05) is 19.8 Å². The Balaban J connectivity index is 3.89. The normalized spacial score (nSPS) is 11.9. The summed E-state index contributed by atoms with van der Waals surface area (Å²) in [4.78, 5) is 22.0. The molecule has 0 aliphatic heterocycles. The average Bonchev–Trinajstić information content (AvgIpc) is 2.22. The Morgan fingerprint density at radius 2 is 1.88 bits per heavy atom. The van der Waals surface area contributed by atoms with Crippen LogP contribution in [-0.2, 0) is 19.1 Å². The van der Waals surface area contributed by atoms with Gasteiger partial charge in [0.05, 0.1) is 6.61 Å². The van der Waals surface area contributed by atoms with E-state index in [0.717, 1.165) is 19.3 Å². The van der Waals surface area contributed by atoms with Crippen LogP contribution in [0.2, 0.25) is 0 Å². The van der Waals surface area contributed by atoms with Crippen molar-refractivity contribution in [2.75, 3.05) is 6.61 Å². The lowest BCUT2D eigenvalue weighted by atomic mass is 10.1. The quantitative estimate of drug-likeness (QED) is 0.601. The van der Waals surface area contributed by atoms with Gasteiger partial charge in [-0.15, -0.1) is 0 Å². The molecule has 0 radical (unpaired) electrons. The van der Waals surface area contributed by atoms with Gasteiger partial charge in [-0.2, -0.15) is 0 Å². The van der Waals surface area contributed by atoms with Gasteiger partial charge in [0.2, 0.25) is 0 Å². The first-order valence-electron chi connectivity index (χ1n) is 5.93. The first-order valence-corrected chi connectivity index (χ1v) is 5.93. The maximum Gasteiger partial charge on any atom is 0.305 e. The summed E-state index contributed by atoms with van der Waals surface area (Å²) in [6.45, 7) is 5.64. The van der Waals surface area contributed by atoms with Crippen LogP contribution in [0.4, 0.5) is 0 Å². The van der Waals surface area contributed by atoms with E-state index in [9.17, 15) is 9.59 Å².